The lowest BCUT2D eigenvalue weighted by molar-refractivity contribution is -0.121. The van der Waals surface area contributed by atoms with E-state index < -0.39 is 11.4 Å². The van der Waals surface area contributed by atoms with Crippen LogP contribution in [0, 0.1) is 0 Å². The summed E-state index contributed by atoms with van der Waals surface area (Å²) in [5, 5.41) is 11.3. The number of hydrogen-bond acceptors (Lipinski definition) is 3. The average molecular weight is 224 g/mol. The topological polar surface area (TPSA) is 88.4 Å². The van der Waals surface area contributed by atoms with E-state index >= 15 is 0 Å². The molecule has 0 aliphatic carbocycles. The largest absolute Gasteiger partial charge is 0.477 e. The van der Waals surface area contributed by atoms with Gasteiger partial charge in [0, 0.05) is 25.0 Å². The number of hydrogen-bond donors (Lipinski definition) is 2. The molecule has 1 amide bonds. The fourth-order valence-corrected chi connectivity index (χ4v) is 1.20. The summed E-state index contributed by atoms with van der Waals surface area (Å²) >= 11 is 0. The Morgan fingerprint density at radius 2 is 2.19 bits per heavy atom. The number of likely N-dealkylation sites (N-methyl/N-ethyl adjacent to an activating group) is 1. The van der Waals surface area contributed by atoms with E-state index in [4.69, 9.17) is 5.11 Å². The second-order valence-electron chi connectivity index (χ2n) is 3.15. The molecule has 86 valence electrons. The van der Waals surface area contributed by atoms with Gasteiger partial charge in [0.05, 0.1) is 0 Å². The van der Waals surface area contributed by atoms with Crippen LogP contribution in [0.2, 0.25) is 0 Å². The fraction of sp³-hybridized carbons (Fsp3) is 0.300. The van der Waals surface area contributed by atoms with Gasteiger partial charge < -0.3 is 15.0 Å². The maximum Gasteiger partial charge on any atom is 0.341 e. The molecule has 0 spiro atoms. The van der Waals surface area contributed by atoms with E-state index in [2.05, 4.69) is 5.32 Å². The van der Waals surface area contributed by atoms with Crippen molar-refractivity contribution in [3.8, 4) is 0 Å². The molecular weight excluding hydrogens is 212 g/mol. The molecule has 0 unspecified atom stereocenters. The van der Waals surface area contributed by atoms with Crippen LogP contribution < -0.4 is 10.7 Å². The summed E-state index contributed by atoms with van der Waals surface area (Å²) in [7, 11) is 0. The minimum Gasteiger partial charge on any atom is -0.477 e. The lowest BCUT2D eigenvalue weighted by atomic mass is 10.3. The van der Waals surface area contributed by atoms with Gasteiger partial charge in [-0.25, -0.2) is 4.79 Å². The first-order valence-corrected chi connectivity index (χ1v) is 4.74. The van der Waals surface area contributed by atoms with E-state index in [0.717, 1.165) is 12.3 Å². The van der Waals surface area contributed by atoms with Gasteiger partial charge in [-0.1, -0.05) is 0 Å². The molecular formula is C10H12N2O4. The van der Waals surface area contributed by atoms with Crippen molar-refractivity contribution in [2.24, 2.45) is 0 Å². The smallest absolute Gasteiger partial charge is 0.341 e. The molecule has 0 atom stereocenters. The maximum absolute atomic E-state index is 11.2. The Bertz CT molecular complexity index is 464. The molecule has 2 N–H and O–H groups in total. The number of aromatic carboxylic acids is 1. The van der Waals surface area contributed by atoms with Crippen molar-refractivity contribution in [2.45, 2.75) is 13.5 Å². The highest BCUT2D eigenvalue weighted by Crippen LogP contribution is 1.93. The Morgan fingerprint density at radius 3 is 2.75 bits per heavy atom. The summed E-state index contributed by atoms with van der Waals surface area (Å²) in [6, 6.07) is 1.13. The molecule has 0 aliphatic rings. The van der Waals surface area contributed by atoms with Crippen molar-refractivity contribution in [3.05, 3.63) is 34.2 Å². The maximum atomic E-state index is 11.2. The van der Waals surface area contributed by atoms with Crippen LogP contribution in [0.25, 0.3) is 0 Å². The van der Waals surface area contributed by atoms with Gasteiger partial charge in [-0.3, -0.25) is 9.59 Å². The Labute approximate surface area is 91.5 Å². The van der Waals surface area contributed by atoms with Crippen molar-refractivity contribution in [1.29, 1.82) is 0 Å². The number of aromatic nitrogens is 1. The molecule has 1 heterocycles. The normalized spacial score (nSPS) is 9.81. The lowest BCUT2D eigenvalue weighted by Crippen LogP contribution is -2.28. The second kappa shape index (κ2) is 5.11. The molecule has 0 saturated carbocycles. The number of carboxylic acids is 1. The lowest BCUT2D eigenvalue weighted by Gasteiger charge is -2.06. The second-order valence-corrected chi connectivity index (χ2v) is 3.15. The van der Waals surface area contributed by atoms with Crippen molar-refractivity contribution in [1.82, 2.24) is 9.88 Å². The van der Waals surface area contributed by atoms with Crippen LogP contribution in [0.15, 0.2) is 23.3 Å². The predicted molar refractivity (Wildman–Crippen MR) is 56.3 cm³/mol. The zero-order valence-corrected chi connectivity index (χ0v) is 8.77. The third-order valence-electron chi connectivity index (χ3n) is 1.91. The Balaban J connectivity index is 2.91. The minimum atomic E-state index is -1.30. The Kier molecular flexibility index (Phi) is 3.82. The van der Waals surface area contributed by atoms with Gasteiger partial charge in [0.15, 0.2) is 5.43 Å². The van der Waals surface area contributed by atoms with E-state index in [-0.39, 0.29) is 18.0 Å². The quantitative estimate of drug-likeness (QED) is 0.733. The van der Waals surface area contributed by atoms with Gasteiger partial charge in [-0.2, -0.15) is 0 Å². The zero-order chi connectivity index (χ0) is 12.1. The third kappa shape index (κ3) is 2.94. The average Bonchev–Trinajstić information content (AvgIpc) is 2.21. The van der Waals surface area contributed by atoms with E-state index in [0.29, 0.717) is 6.54 Å². The number of pyridine rings is 1. The molecule has 0 aromatic carbocycles. The van der Waals surface area contributed by atoms with Crippen LogP contribution in [0.4, 0.5) is 0 Å². The number of carbonyl (C=O) groups excluding carboxylic acids is 1. The minimum absolute atomic E-state index is 0.00556. The van der Waals surface area contributed by atoms with Gasteiger partial charge in [0.2, 0.25) is 5.91 Å². The molecule has 0 saturated heterocycles. The van der Waals surface area contributed by atoms with Gasteiger partial charge >= 0.3 is 5.97 Å². The number of nitrogens with one attached hydrogen (secondary N) is 1. The summed E-state index contributed by atoms with van der Waals surface area (Å²) in [6.07, 6.45) is 2.53. The molecule has 16 heavy (non-hydrogen) atoms. The predicted octanol–water partition coefficient (Wildman–Crippen LogP) is -0.317. The molecule has 0 fully saturated rings. The SMILES string of the molecule is CCNC(=O)Cn1ccc(=O)c(C(=O)O)c1. The molecule has 0 bridgehead atoms. The highest BCUT2D eigenvalue weighted by molar-refractivity contribution is 5.87. The first-order valence-electron chi connectivity index (χ1n) is 4.74. The first-order chi connectivity index (χ1) is 7.54. The van der Waals surface area contributed by atoms with Gasteiger partial charge in [-0.15, -0.1) is 0 Å². The highest BCUT2D eigenvalue weighted by Gasteiger charge is 2.09. The van der Waals surface area contributed by atoms with Crippen LogP contribution in [0.1, 0.15) is 17.3 Å². The van der Waals surface area contributed by atoms with Crippen LogP contribution >= 0.6 is 0 Å². The number of carboxylic acid groups (broad SMARTS) is 1. The summed E-state index contributed by atoms with van der Waals surface area (Å²) in [4.78, 5) is 33.0. The number of amides is 1. The summed E-state index contributed by atoms with van der Waals surface area (Å²) in [5.74, 6) is -1.53. The molecule has 1 aromatic rings. The van der Waals surface area contributed by atoms with E-state index in [1.807, 2.05) is 0 Å². The Morgan fingerprint density at radius 1 is 1.50 bits per heavy atom. The molecule has 6 nitrogen and oxygen atoms in total. The Hall–Kier alpha value is -2.11. The number of nitrogens with zero attached hydrogens (tertiary/aromatic N) is 1. The van der Waals surface area contributed by atoms with E-state index in [1.165, 1.54) is 10.8 Å². The first kappa shape index (κ1) is 12.0. The summed E-state index contributed by atoms with van der Waals surface area (Å²) in [5.41, 5.74) is -0.911. The van der Waals surface area contributed by atoms with Crippen molar-refractivity contribution < 1.29 is 14.7 Å². The van der Waals surface area contributed by atoms with Gasteiger partial charge in [0.1, 0.15) is 12.1 Å². The summed E-state index contributed by atoms with van der Waals surface area (Å²) < 4.78 is 1.36. The van der Waals surface area contributed by atoms with Crippen molar-refractivity contribution in [2.75, 3.05) is 6.54 Å². The van der Waals surface area contributed by atoms with Crippen LogP contribution in [-0.4, -0.2) is 28.1 Å². The molecule has 6 heteroatoms. The van der Waals surface area contributed by atoms with Crippen LogP contribution in [0.5, 0.6) is 0 Å². The van der Waals surface area contributed by atoms with Crippen LogP contribution in [0.3, 0.4) is 0 Å². The highest BCUT2D eigenvalue weighted by atomic mass is 16.4. The zero-order valence-electron chi connectivity index (χ0n) is 8.77. The number of rotatable bonds is 4. The molecule has 1 aromatic heterocycles. The van der Waals surface area contributed by atoms with E-state index in [1.54, 1.807) is 6.92 Å². The van der Waals surface area contributed by atoms with Crippen molar-refractivity contribution >= 4 is 11.9 Å². The number of carbonyl (C=O) groups is 2. The van der Waals surface area contributed by atoms with Gasteiger partial charge in [-0.05, 0) is 6.92 Å². The third-order valence-corrected chi connectivity index (χ3v) is 1.91. The molecule has 1 rings (SSSR count). The standard InChI is InChI=1S/C10H12N2O4/c1-2-11-9(14)6-12-4-3-8(13)7(5-12)10(15)16/h3-5H,2,6H2,1H3,(H,11,14)(H,15,16). The van der Waals surface area contributed by atoms with Crippen molar-refractivity contribution in [3.63, 3.8) is 0 Å². The molecule has 0 radical (unpaired) electrons. The van der Waals surface area contributed by atoms with Crippen LogP contribution in [-0.2, 0) is 11.3 Å². The summed E-state index contributed by atoms with van der Waals surface area (Å²) in [6.45, 7) is 2.28. The fourth-order valence-electron chi connectivity index (χ4n) is 1.20. The van der Waals surface area contributed by atoms with Gasteiger partial charge in [0.25, 0.3) is 0 Å². The van der Waals surface area contributed by atoms with E-state index in [9.17, 15) is 14.4 Å². The molecule has 0 aliphatic heterocycles. The monoisotopic (exact) mass is 224 g/mol.